The zero-order chi connectivity index (χ0) is 21.0. The number of ether oxygens (including phenoxy) is 1. The smallest absolute Gasteiger partial charge is 0.353 e. The van der Waals surface area contributed by atoms with E-state index in [0.29, 0.717) is 43.2 Å². The minimum absolute atomic E-state index is 0.0953. The van der Waals surface area contributed by atoms with Gasteiger partial charge < -0.3 is 15.0 Å². The molecule has 1 aliphatic heterocycles. The maximum absolute atomic E-state index is 11.9. The fourth-order valence-corrected chi connectivity index (χ4v) is 3.48. The summed E-state index contributed by atoms with van der Waals surface area (Å²) in [5.41, 5.74) is 1.30. The number of hydrogen-bond acceptors (Lipinski definition) is 8. The van der Waals surface area contributed by atoms with Crippen molar-refractivity contribution in [1.29, 1.82) is 0 Å². The van der Waals surface area contributed by atoms with Gasteiger partial charge in [-0.2, -0.15) is 0 Å². The third-order valence-corrected chi connectivity index (χ3v) is 5.09. The number of halogens is 1. The summed E-state index contributed by atoms with van der Waals surface area (Å²) in [4.78, 5) is 33.3. The third-order valence-electron chi connectivity index (χ3n) is 4.85. The lowest BCUT2D eigenvalue weighted by Gasteiger charge is -2.31. The van der Waals surface area contributed by atoms with Crippen molar-refractivity contribution in [3.05, 3.63) is 45.2 Å². The van der Waals surface area contributed by atoms with E-state index in [9.17, 15) is 14.9 Å². The van der Waals surface area contributed by atoms with Gasteiger partial charge in [0.25, 0.3) is 0 Å². The van der Waals surface area contributed by atoms with E-state index in [-0.39, 0.29) is 29.2 Å². The van der Waals surface area contributed by atoms with Crippen LogP contribution < -0.4 is 10.2 Å². The highest BCUT2D eigenvalue weighted by Crippen LogP contribution is 2.36. The molecule has 9 nitrogen and oxygen atoms in total. The van der Waals surface area contributed by atoms with Crippen molar-refractivity contribution < 1.29 is 14.5 Å². The number of anilines is 3. The van der Waals surface area contributed by atoms with Gasteiger partial charge in [-0.05, 0) is 44.4 Å². The number of carbonyl (C=O) groups is 1. The number of esters is 1. The number of nitrogens with zero attached hydrogens (tertiary/aromatic N) is 4. The fourth-order valence-electron chi connectivity index (χ4n) is 3.30. The lowest BCUT2D eigenvalue weighted by molar-refractivity contribution is -0.383. The van der Waals surface area contributed by atoms with Crippen molar-refractivity contribution in [2.24, 2.45) is 5.92 Å². The highest BCUT2D eigenvalue weighted by Gasteiger charge is 2.32. The number of hydrogen-bond donors (Lipinski definition) is 1. The van der Waals surface area contributed by atoms with Gasteiger partial charge in [0.15, 0.2) is 0 Å². The molecule has 2 heterocycles. The average molecular weight is 420 g/mol. The third kappa shape index (κ3) is 4.73. The molecule has 3 rings (SSSR count). The van der Waals surface area contributed by atoms with Gasteiger partial charge in [0.2, 0.25) is 11.6 Å². The first-order valence-corrected chi connectivity index (χ1v) is 9.72. The minimum Gasteiger partial charge on any atom is -0.466 e. The summed E-state index contributed by atoms with van der Waals surface area (Å²) in [5, 5.41) is 15.4. The molecule has 0 saturated carbocycles. The summed E-state index contributed by atoms with van der Waals surface area (Å²) in [5.74, 6) is -0.0886. The molecule has 1 N–H and O–H groups in total. The second kappa shape index (κ2) is 9.04. The van der Waals surface area contributed by atoms with Gasteiger partial charge in [-0.15, -0.1) is 0 Å². The van der Waals surface area contributed by atoms with Gasteiger partial charge in [-0.1, -0.05) is 17.7 Å². The molecule has 1 saturated heterocycles. The number of aryl methyl sites for hydroxylation is 1. The van der Waals surface area contributed by atoms with Crippen LogP contribution in [0.3, 0.4) is 0 Å². The van der Waals surface area contributed by atoms with Crippen molar-refractivity contribution >= 4 is 40.6 Å². The zero-order valence-electron chi connectivity index (χ0n) is 16.2. The van der Waals surface area contributed by atoms with Crippen molar-refractivity contribution in [2.45, 2.75) is 26.7 Å². The number of nitro groups is 1. The fraction of sp³-hybridized carbons (Fsp3) is 0.421. The van der Waals surface area contributed by atoms with E-state index in [0.717, 1.165) is 5.56 Å². The Morgan fingerprint density at radius 3 is 2.76 bits per heavy atom. The molecule has 0 amide bonds. The molecule has 0 unspecified atom stereocenters. The Kier molecular flexibility index (Phi) is 6.48. The highest BCUT2D eigenvalue weighted by atomic mass is 35.5. The number of rotatable bonds is 6. The van der Waals surface area contributed by atoms with Crippen LogP contribution in [0.1, 0.15) is 25.3 Å². The summed E-state index contributed by atoms with van der Waals surface area (Å²) < 4.78 is 5.08. The van der Waals surface area contributed by atoms with E-state index >= 15 is 0 Å². The SMILES string of the molecule is CCOC(=O)C1CCN(c2ncnc(Nc3cc(Cl)ccc3C)c2[N+](=O)[O-])CC1. The lowest BCUT2D eigenvalue weighted by Crippen LogP contribution is -2.37. The van der Waals surface area contributed by atoms with E-state index in [1.54, 1.807) is 19.1 Å². The molecule has 0 radical (unpaired) electrons. The summed E-state index contributed by atoms with van der Waals surface area (Å²) in [6.07, 6.45) is 2.40. The summed E-state index contributed by atoms with van der Waals surface area (Å²) >= 11 is 6.05. The monoisotopic (exact) mass is 419 g/mol. The van der Waals surface area contributed by atoms with Crippen LogP contribution in [0.25, 0.3) is 0 Å². The molecule has 1 aromatic heterocycles. The Bertz CT molecular complexity index is 915. The van der Waals surface area contributed by atoms with Gasteiger partial charge in [-0.3, -0.25) is 14.9 Å². The molecular weight excluding hydrogens is 398 g/mol. The van der Waals surface area contributed by atoms with Crippen LogP contribution >= 0.6 is 11.6 Å². The summed E-state index contributed by atoms with van der Waals surface area (Å²) in [6.45, 7) is 4.92. The molecule has 2 aromatic rings. The summed E-state index contributed by atoms with van der Waals surface area (Å²) in [6, 6.07) is 5.25. The van der Waals surface area contributed by atoms with E-state index in [4.69, 9.17) is 16.3 Å². The summed E-state index contributed by atoms with van der Waals surface area (Å²) in [7, 11) is 0. The molecule has 10 heteroatoms. The van der Waals surface area contributed by atoms with Gasteiger partial charge >= 0.3 is 11.7 Å². The molecule has 0 atom stereocenters. The van der Waals surface area contributed by atoms with Crippen LogP contribution in [0, 0.1) is 23.0 Å². The highest BCUT2D eigenvalue weighted by molar-refractivity contribution is 6.30. The van der Waals surface area contributed by atoms with Crippen molar-refractivity contribution in [2.75, 3.05) is 29.9 Å². The van der Waals surface area contributed by atoms with Gasteiger partial charge in [0.05, 0.1) is 17.4 Å². The zero-order valence-corrected chi connectivity index (χ0v) is 17.0. The van der Waals surface area contributed by atoms with Crippen LogP contribution in [0.4, 0.5) is 23.0 Å². The predicted molar refractivity (Wildman–Crippen MR) is 110 cm³/mol. The topological polar surface area (TPSA) is 110 Å². The number of piperidine rings is 1. The van der Waals surface area contributed by atoms with E-state index in [1.165, 1.54) is 6.33 Å². The standard InChI is InChI=1S/C19H22ClN5O4/c1-3-29-19(26)13-6-8-24(9-7-13)18-16(25(27)28)17(21-11-22-18)23-15-10-14(20)5-4-12(15)2/h4-5,10-11,13H,3,6-9H2,1-2H3,(H,21,22,23). The number of aromatic nitrogens is 2. The number of nitrogens with one attached hydrogen (secondary N) is 1. The Labute approximate surface area is 173 Å². The second-order valence-corrected chi connectivity index (χ2v) is 7.19. The van der Waals surface area contributed by atoms with E-state index in [2.05, 4.69) is 15.3 Å². The van der Waals surface area contributed by atoms with Crippen molar-refractivity contribution in [3.8, 4) is 0 Å². The molecule has 154 valence electrons. The normalized spacial score (nSPS) is 14.5. The second-order valence-electron chi connectivity index (χ2n) is 6.75. The van der Waals surface area contributed by atoms with Gasteiger partial charge in [0.1, 0.15) is 6.33 Å². The van der Waals surface area contributed by atoms with E-state index in [1.807, 2.05) is 17.9 Å². The number of benzene rings is 1. The Balaban J connectivity index is 1.85. The van der Waals surface area contributed by atoms with Crippen LogP contribution in [-0.4, -0.2) is 40.6 Å². The maximum atomic E-state index is 11.9. The molecule has 1 fully saturated rings. The van der Waals surface area contributed by atoms with Crippen molar-refractivity contribution in [3.63, 3.8) is 0 Å². The number of carbonyl (C=O) groups excluding carboxylic acids is 1. The van der Waals surface area contributed by atoms with Crippen LogP contribution in [-0.2, 0) is 9.53 Å². The molecule has 1 aliphatic rings. The Hall–Kier alpha value is -2.94. The van der Waals surface area contributed by atoms with Gasteiger partial charge in [0, 0.05) is 23.8 Å². The van der Waals surface area contributed by atoms with Gasteiger partial charge in [-0.25, -0.2) is 9.97 Å². The largest absolute Gasteiger partial charge is 0.466 e. The van der Waals surface area contributed by atoms with Crippen LogP contribution in [0.2, 0.25) is 5.02 Å². The molecular formula is C19H22ClN5O4. The molecule has 0 aliphatic carbocycles. The predicted octanol–water partition coefficient (Wildman–Crippen LogP) is 3.87. The molecule has 0 spiro atoms. The first-order valence-electron chi connectivity index (χ1n) is 9.34. The average Bonchev–Trinajstić information content (AvgIpc) is 2.70. The van der Waals surface area contributed by atoms with E-state index < -0.39 is 4.92 Å². The maximum Gasteiger partial charge on any atom is 0.353 e. The molecule has 1 aromatic carbocycles. The minimum atomic E-state index is -0.491. The molecule has 0 bridgehead atoms. The lowest BCUT2D eigenvalue weighted by atomic mass is 9.97. The molecule has 29 heavy (non-hydrogen) atoms. The van der Waals surface area contributed by atoms with Crippen molar-refractivity contribution in [1.82, 2.24) is 9.97 Å². The Morgan fingerprint density at radius 1 is 1.38 bits per heavy atom. The Morgan fingerprint density at radius 2 is 2.10 bits per heavy atom. The van der Waals surface area contributed by atoms with Crippen LogP contribution in [0.15, 0.2) is 24.5 Å². The quantitative estimate of drug-likeness (QED) is 0.426. The first kappa shape index (κ1) is 20.8. The van der Waals surface area contributed by atoms with Crippen LogP contribution in [0.5, 0.6) is 0 Å². The first-order chi connectivity index (χ1) is 13.9.